The summed E-state index contributed by atoms with van der Waals surface area (Å²) in [5.41, 5.74) is 3.74. The molecule has 0 bridgehead atoms. The van der Waals surface area contributed by atoms with Gasteiger partial charge in [0.05, 0.1) is 10.7 Å². The number of fused-ring (bicyclic) bond motifs is 1. The first-order valence-corrected chi connectivity index (χ1v) is 8.19. The average molecular weight is 299 g/mol. The van der Waals surface area contributed by atoms with Crippen LogP contribution in [0.15, 0.2) is 35.8 Å². The molecule has 1 aromatic carbocycles. The Balaban J connectivity index is 1.71. The fourth-order valence-corrected chi connectivity index (χ4v) is 3.40. The number of aromatic amines is 1. The van der Waals surface area contributed by atoms with Crippen LogP contribution in [0.5, 0.6) is 0 Å². The normalized spacial score (nSPS) is 11.9. The van der Waals surface area contributed by atoms with Gasteiger partial charge in [-0.05, 0) is 24.7 Å². The molecule has 0 aliphatic heterocycles. The molecule has 110 valence electrons. The average Bonchev–Trinajstić information content (AvgIpc) is 3.07. The van der Waals surface area contributed by atoms with Crippen molar-refractivity contribution in [2.45, 2.75) is 32.9 Å². The van der Waals surface area contributed by atoms with Gasteiger partial charge in [0.15, 0.2) is 0 Å². The van der Waals surface area contributed by atoms with Crippen LogP contribution in [-0.4, -0.2) is 21.9 Å². The van der Waals surface area contributed by atoms with E-state index in [1.807, 2.05) is 6.20 Å². The third-order valence-electron chi connectivity index (χ3n) is 3.62. The van der Waals surface area contributed by atoms with Crippen LogP contribution in [-0.2, 0) is 13.1 Å². The van der Waals surface area contributed by atoms with E-state index in [0.717, 1.165) is 13.1 Å². The van der Waals surface area contributed by atoms with E-state index >= 15 is 0 Å². The number of aromatic nitrogens is 2. The van der Waals surface area contributed by atoms with E-state index in [2.05, 4.69) is 60.4 Å². The van der Waals surface area contributed by atoms with Crippen molar-refractivity contribution in [3.63, 3.8) is 0 Å². The second-order valence-electron chi connectivity index (χ2n) is 5.86. The molecule has 0 spiro atoms. The second kappa shape index (κ2) is 6.00. The predicted octanol–water partition coefficient (Wildman–Crippen LogP) is 4.38. The summed E-state index contributed by atoms with van der Waals surface area (Å²) in [6.07, 6.45) is 2.00. The van der Waals surface area contributed by atoms with Gasteiger partial charge in [-0.2, -0.15) is 0 Å². The van der Waals surface area contributed by atoms with Crippen molar-refractivity contribution in [3.05, 3.63) is 52.1 Å². The van der Waals surface area contributed by atoms with Crippen LogP contribution in [0.25, 0.3) is 10.9 Å². The van der Waals surface area contributed by atoms with Gasteiger partial charge >= 0.3 is 0 Å². The van der Waals surface area contributed by atoms with E-state index in [9.17, 15) is 0 Å². The van der Waals surface area contributed by atoms with Crippen molar-refractivity contribution < 1.29 is 0 Å². The van der Waals surface area contributed by atoms with Gasteiger partial charge in [-0.3, -0.25) is 4.90 Å². The molecule has 0 amide bonds. The lowest BCUT2D eigenvalue weighted by molar-refractivity contribution is 0.316. The minimum atomic E-state index is 0.516. The van der Waals surface area contributed by atoms with Crippen LogP contribution in [0.2, 0.25) is 0 Å². The van der Waals surface area contributed by atoms with Crippen LogP contribution in [0, 0.1) is 0 Å². The Bertz CT molecular complexity index is 726. The quantitative estimate of drug-likeness (QED) is 0.758. The monoisotopic (exact) mass is 299 g/mol. The molecule has 4 heteroatoms. The number of benzene rings is 1. The fraction of sp³-hybridized carbons (Fsp3) is 0.353. The zero-order valence-corrected chi connectivity index (χ0v) is 13.6. The van der Waals surface area contributed by atoms with E-state index in [4.69, 9.17) is 4.98 Å². The molecule has 0 aliphatic rings. The van der Waals surface area contributed by atoms with Gasteiger partial charge in [-0.1, -0.05) is 26.0 Å². The first-order valence-electron chi connectivity index (χ1n) is 7.31. The number of thiazole rings is 1. The summed E-state index contributed by atoms with van der Waals surface area (Å²) in [6.45, 7) is 6.21. The van der Waals surface area contributed by atoms with Gasteiger partial charge in [-0.15, -0.1) is 11.3 Å². The molecule has 1 N–H and O–H groups in total. The van der Waals surface area contributed by atoms with Gasteiger partial charge < -0.3 is 4.98 Å². The lowest BCUT2D eigenvalue weighted by Gasteiger charge is -2.16. The number of H-pyrrole nitrogens is 1. The van der Waals surface area contributed by atoms with E-state index in [1.54, 1.807) is 11.3 Å². The van der Waals surface area contributed by atoms with E-state index < -0.39 is 0 Å². The fourth-order valence-electron chi connectivity index (χ4n) is 2.57. The van der Waals surface area contributed by atoms with Gasteiger partial charge in [0.25, 0.3) is 0 Å². The maximum atomic E-state index is 4.71. The summed E-state index contributed by atoms with van der Waals surface area (Å²) in [4.78, 5) is 10.3. The third-order valence-corrected chi connectivity index (χ3v) is 4.81. The SMILES string of the molecule is CC(C)c1nc(CN(C)Cc2cccc3[nH]ccc23)cs1. The van der Waals surface area contributed by atoms with Crippen molar-refractivity contribution in [3.8, 4) is 0 Å². The van der Waals surface area contributed by atoms with Crippen LogP contribution in [0.1, 0.15) is 36.0 Å². The maximum absolute atomic E-state index is 4.71. The summed E-state index contributed by atoms with van der Waals surface area (Å²) < 4.78 is 0. The molecule has 3 aromatic rings. The molecule has 2 aromatic heterocycles. The highest BCUT2D eigenvalue weighted by Gasteiger charge is 2.09. The maximum Gasteiger partial charge on any atom is 0.0954 e. The summed E-state index contributed by atoms with van der Waals surface area (Å²) in [7, 11) is 2.15. The number of hydrogen-bond acceptors (Lipinski definition) is 3. The van der Waals surface area contributed by atoms with E-state index in [1.165, 1.54) is 27.2 Å². The molecule has 0 atom stereocenters. The highest BCUT2D eigenvalue weighted by molar-refractivity contribution is 7.09. The summed E-state index contributed by atoms with van der Waals surface area (Å²) in [5.74, 6) is 0.516. The highest BCUT2D eigenvalue weighted by atomic mass is 32.1. The number of rotatable bonds is 5. The van der Waals surface area contributed by atoms with Gasteiger partial charge in [0.2, 0.25) is 0 Å². The predicted molar refractivity (Wildman–Crippen MR) is 89.7 cm³/mol. The van der Waals surface area contributed by atoms with E-state index in [0.29, 0.717) is 5.92 Å². The minimum absolute atomic E-state index is 0.516. The van der Waals surface area contributed by atoms with Crippen LogP contribution in [0.4, 0.5) is 0 Å². The van der Waals surface area contributed by atoms with Crippen molar-refractivity contribution in [1.29, 1.82) is 0 Å². The van der Waals surface area contributed by atoms with Crippen LogP contribution >= 0.6 is 11.3 Å². The molecule has 0 radical (unpaired) electrons. The molecular formula is C17H21N3S. The van der Waals surface area contributed by atoms with Gasteiger partial charge in [0, 0.05) is 41.5 Å². The molecule has 0 saturated heterocycles. The van der Waals surface area contributed by atoms with Crippen molar-refractivity contribution in [1.82, 2.24) is 14.9 Å². The Morgan fingerprint density at radius 2 is 2.10 bits per heavy atom. The smallest absolute Gasteiger partial charge is 0.0954 e. The largest absolute Gasteiger partial charge is 0.361 e. The third kappa shape index (κ3) is 3.17. The standard InChI is InChI=1S/C17H21N3S/c1-12(2)17-19-14(11-21-17)10-20(3)9-13-5-4-6-16-15(13)7-8-18-16/h4-8,11-12,18H,9-10H2,1-3H3. The molecule has 2 heterocycles. The minimum Gasteiger partial charge on any atom is -0.361 e. The van der Waals surface area contributed by atoms with Crippen molar-refractivity contribution in [2.75, 3.05) is 7.05 Å². The first kappa shape index (κ1) is 14.3. The van der Waals surface area contributed by atoms with Gasteiger partial charge in [-0.25, -0.2) is 4.98 Å². The van der Waals surface area contributed by atoms with Crippen molar-refractivity contribution in [2.24, 2.45) is 0 Å². The Morgan fingerprint density at radius 3 is 2.86 bits per heavy atom. The molecule has 21 heavy (non-hydrogen) atoms. The Morgan fingerprint density at radius 1 is 1.24 bits per heavy atom. The topological polar surface area (TPSA) is 31.9 Å². The first-order chi connectivity index (χ1) is 10.1. The van der Waals surface area contributed by atoms with E-state index in [-0.39, 0.29) is 0 Å². The molecule has 0 unspecified atom stereocenters. The zero-order chi connectivity index (χ0) is 14.8. The molecule has 0 fully saturated rings. The molecule has 0 saturated carbocycles. The Labute approximate surface area is 129 Å². The number of nitrogens with one attached hydrogen (secondary N) is 1. The summed E-state index contributed by atoms with van der Waals surface area (Å²) >= 11 is 1.77. The second-order valence-corrected chi connectivity index (χ2v) is 6.75. The zero-order valence-electron chi connectivity index (χ0n) is 12.8. The molecular weight excluding hydrogens is 278 g/mol. The number of nitrogens with zero attached hydrogens (tertiary/aromatic N) is 2. The lowest BCUT2D eigenvalue weighted by Crippen LogP contribution is -2.17. The summed E-state index contributed by atoms with van der Waals surface area (Å²) in [5, 5.41) is 4.72. The Hall–Kier alpha value is -1.65. The van der Waals surface area contributed by atoms with Gasteiger partial charge in [0.1, 0.15) is 0 Å². The van der Waals surface area contributed by atoms with Crippen LogP contribution < -0.4 is 0 Å². The summed E-state index contributed by atoms with van der Waals surface area (Å²) in [6, 6.07) is 8.58. The Kier molecular flexibility index (Phi) is 4.08. The molecule has 3 rings (SSSR count). The molecule has 0 aliphatic carbocycles. The molecule has 3 nitrogen and oxygen atoms in total. The highest BCUT2D eigenvalue weighted by Crippen LogP contribution is 2.22. The number of hydrogen-bond donors (Lipinski definition) is 1. The lowest BCUT2D eigenvalue weighted by atomic mass is 10.1. The van der Waals surface area contributed by atoms with Crippen LogP contribution in [0.3, 0.4) is 0 Å². The van der Waals surface area contributed by atoms with Crippen molar-refractivity contribution >= 4 is 22.2 Å².